The smallest absolute Gasteiger partial charge is 0.265 e. The van der Waals surface area contributed by atoms with E-state index >= 15 is 0 Å². The Hall–Kier alpha value is -2.43. The zero-order valence-electron chi connectivity index (χ0n) is 10.8. The third-order valence-corrected chi connectivity index (χ3v) is 2.63. The average molecular weight is 277 g/mol. The molecule has 2 rings (SSSR count). The highest BCUT2D eigenvalue weighted by Gasteiger charge is 2.16. The number of hydrogen-bond acceptors (Lipinski definition) is 2. The first-order chi connectivity index (χ1) is 9.56. The van der Waals surface area contributed by atoms with Crippen LogP contribution in [0.25, 0.3) is 0 Å². The quantitative estimate of drug-likeness (QED) is 0.930. The second-order valence-corrected chi connectivity index (χ2v) is 4.18. The molecule has 2 aromatic rings. The van der Waals surface area contributed by atoms with Crippen molar-refractivity contribution in [3.8, 4) is 5.75 Å². The molecule has 0 aliphatic carbocycles. The number of carbonyl (C=O) groups is 1. The van der Waals surface area contributed by atoms with Crippen LogP contribution in [-0.2, 0) is 4.79 Å². The van der Waals surface area contributed by atoms with Gasteiger partial charge in [0.2, 0.25) is 0 Å². The van der Waals surface area contributed by atoms with Gasteiger partial charge in [-0.3, -0.25) is 4.79 Å². The fraction of sp³-hybridized carbons (Fsp3) is 0.133. The minimum atomic E-state index is -0.833. The molecule has 0 spiro atoms. The van der Waals surface area contributed by atoms with Crippen molar-refractivity contribution in [2.75, 3.05) is 5.32 Å². The molecular weight excluding hydrogens is 264 g/mol. The number of para-hydroxylation sites is 1. The van der Waals surface area contributed by atoms with Gasteiger partial charge < -0.3 is 10.1 Å². The number of benzene rings is 2. The van der Waals surface area contributed by atoms with Gasteiger partial charge in [-0.1, -0.05) is 12.1 Å². The van der Waals surface area contributed by atoms with E-state index in [1.54, 1.807) is 6.07 Å². The van der Waals surface area contributed by atoms with Gasteiger partial charge in [-0.05, 0) is 43.3 Å². The monoisotopic (exact) mass is 277 g/mol. The van der Waals surface area contributed by atoms with Crippen LogP contribution in [0.2, 0.25) is 0 Å². The first kappa shape index (κ1) is 14.0. The van der Waals surface area contributed by atoms with Crippen LogP contribution < -0.4 is 10.1 Å². The number of anilines is 1. The van der Waals surface area contributed by atoms with Gasteiger partial charge in [-0.2, -0.15) is 0 Å². The molecule has 0 aliphatic rings. The number of halogens is 2. The Morgan fingerprint density at radius 3 is 2.40 bits per heavy atom. The summed E-state index contributed by atoms with van der Waals surface area (Å²) in [6.45, 7) is 1.53. The summed E-state index contributed by atoms with van der Waals surface area (Å²) < 4.78 is 31.5. The standard InChI is InChI=1S/C15H13F2NO2/c1-10(20-12-8-6-11(16)7-9-12)15(19)18-14-5-3-2-4-13(14)17/h2-10H,1H3,(H,18,19)/t10-/m0/s1. The van der Waals surface area contributed by atoms with Crippen LogP contribution in [0.3, 0.4) is 0 Å². The zero-order valence-corrected chi connectivity index (χ0v) is 10.8. The summed E-state index contributed by atoms with van der Waals surface area (Å²) in [6.07, 6.45) is -0.833. The van der Waals surface area contributed by atoms with Crippen LogP contribution in [0.5, 0.6) is 5.75 Å². The van der Waals surface area contributed by atoms with Crippen molar-refractivity contribution in [1.29, 1.82) is 0 Å². The first-order valence-corrected chi connectivity index (χ1v) is 6.04. The number of amides is 1. The maximum absolute atomic E-state index is 13.4. The van der Waals surface area contributed by atoms with Gasteiger partial charge in [-0.25, -0.2) is 8.78 Å². The lowest BCUT2D eigenvalue weighted by Gasteiger charge is -2.15. The number of carbonyl (C=O) groups excluding carboxylic acids is 1. The van der Waals surface area contributed by atoms with E-state index in [4.69, 9.17) is 4.74 Å². The van der Waals surface area contributed by atoms with E-state index in [-0.39, 0.29) is 11.5 Å². The molecule has 0 saturated carbocycles. The lowest BCUT2D eigenvalue weighted by Crippen LogP contribution is -2.30. The second-order valence-electron chi connectivity index (χ2n) is 4.18. The Balaban J connectivity index is 1.99. The van der Waals surface area contributed by atoms with Crippen LogP contribution in [0, 0.1) is 11.6 Å². The topological polar surface area (TPSA) is 38.3 Å². The normalized spacial score (nSPS) is 11.8. The Labute approximate surface area is 115 Å². The maximum atomic E-state index is 13.4. The van der Waals surface area contributed by atoms with Crippen molar-refractivity contribution in [3.63, 3.8) is 0 Å². The molecule has 2 aromatic carbocycles. The average Bonchev–Trinajstić information content (AvgIpc) is 2.44. The van der Waals surface area contributed by atoms with Gasteiger partial charge in [0.1, 0.15) is 17.4 Å². The van der Waals surface area contributed by atoms with Crippen molar-refractivity contribution in [1.82, 2.24) is 0 Å². The maximum Gasteiger partial charge on any atom is 0.265 e. The highest BCUT2D eigenvalue weighted by molar-refractivity contribution is 5.94. The van der Waals surface area contributed by atoms with Gasteiger partial charge in [0.25, 0.3) is 5.91 Å². The van der Waals surface area contributed by atoms with Gasteiger partial charge in [0.15, 0.2) is 6.10 Å². The van der Waals surface area contributed by atoms with Crippen molar-refractivity contribution in [2.24, 2.45) is 0 Å². The van der Waals surface area contributed by atoms with Crippen molar-refractivity contribution < 1.29 is 18.3 Å². The van der Waals surface area contributed by atoms with Crippen LogP contribution in [0.4, 0.5) is 14.5 Å². The summed E-state index contributed by atoms with van der Waals surface area (Å²) in [6, 6.07) is 11.2. The molecule has 5 heteroatoms. The first-order valence-electron chi connectivity index (χ1n) is 6.04. The Bertz CT molecular complexity index is 599. The fourth-order valence-electron chi connectivity index (χ4n) is 1.57. The summed E-state index contributed by atoms with van der Waals surface area (Å²) >= 11 is 0. The molecule has 104 valence electrons. The lowest BCUT2D eigenvalue weighted by molar-refractivity contribution is -0.122. The Morgan fingerprint density at radius 1 is 1.10 bits per heavy atom. The molecule has 0 aromatic heterocycles. The Morgan fingerprint density at radius 2 is 1.75 bits per heavy atom. The fourth-order valence-corrected chi connectivity index (χ4v) is 1.57. The summed E-state index contributed by atoms with van der Waals surface area (Å²) in [7, 11) is 0. The highest BCUT2D eigenvalue weighted by Crippen LogP contribution is 2.16. The van der Waals surface area contributed by atoms with E-state index in [2.05, 4.69) is 5.32 Å². The molecule has 20 heavy (non-hydrogen) atoms. The number of nitrogens with one attached hydrogen (secondary N) is 1. The minimum absolute atomic E-state index is 0.0899. The molecule has 1 amide bonds. The van der Waals surface area contributed by atoms with E-state index in [0.717, 1.165) is 0 Å². The highest BCUT2D eigenvalue weighted by atomic mass is 19.1. The Kier molecular flexibility index (Phi) is 4.30. The van der Waals surface area contributed by atoms with Crippen molar-refractivity contribution in [2.45, 2.75) is 13.0 Å². The van der Waals surface area contributed by atoms with Gasteiger partial charge in [0, 0.05) is 0 Å². The molecule has 0 bridgehead atoms. The van der Waals surface area contributed by atoms with Crippen molar-refractivity contribution in [3.05, 3.63) is 60.2 Å². The SMILES string of the molecule is C[C@H](Oc1ccc(F)cc1)C(=O)Nc1ccccc1F. The molecule has 3 nitrogen and oxygen atoms in total. The predicted octanol–water partition coefficient (Wildman–Crippen LogP) is 3.37. The van der Waals surface area contributed by atoms with E-state index in [1.165, 1.54) is 49.4 Å². The van der Waals surface area contributed by atoms with Crippen molar-refractivity contribution >= 4 is 11.6 Å². The third kappa shape index (κ3) is 3.54. The largest absolute Gasteiger partial charge is 0.481 e. The third-order valence-electron chi connectivity index (χ3n) is 2.63. The van der Waals surface area contributed by atoms with Crippen LogP contribution >= 0.6 is 0 Å². The van der Waals surface area contributed by atoms with E-state index < -0.39 is 17.8 Å². The number of hydrogen-bond donors (Lipinski definition) is 1. The molecule has 1 atom stereocenters. The zero-order chi connectivity index (χ0) is 14.5. The minimum Gasteiger partial charge on any atom is -0.481 e. The molecule has 1 N–H and O–H groups in total. The van der Waals surface area contributed by atoms with Gasteiger partial charge in [-0.15, -0.1) is 0 Å². The summed E-state index contributed by atoms with van der Waals surface area (Å²) in [5.74, 6) is -1.03. The summed E-state index contributed by atoms with van der Waals surface area (Å²) in [5.41, 5.74) is 0.0899. The van der Waals surface area contributed by atoms with Crippen LogP contribution in [-0.4, -0.2) is 12.0 Å². The molecule has 0 unspecified atom stereocenters. The summed E-state index contributed by atoms with van der Waals surface area (Å²) in [4.78, 5) is 11.9. The summed E-state index contributed by atoms with van der Waals surface area (Å²) in [5, 5.41) is 2.43. The molecule has 0 fully saturated rings. The number of ether oxygens (including phenoxy) is 1. The van der Waals surface area contributed by atoms with Crippen LogP contribution in [0.1, 0.15) is 6.92 Å². The van der Waals surface area contributed by atoms with Gasteiger partial charge >= 0.3 is 0 Å². The molecular formula is C15H13F2NO2. The van der Waals surface area contributed by atoms with E-state index in [1.807, 2.05) is 0 Å². The second kappa shape index (κ2) is 6.14. The molecule has 0 heterocycles. The number of rotatable bonds is 4. The lowest BCUT2D eigenvalue weighted by atomic mass is 10.3. The molecule has 0 radical (unpaired) electrons. The van der Waals surface area contributed by atoms with E-state index in [0.29, 0.717) is 5.75 Å². The molecule has 0 aliphatic heterocycles. The molecule has 0 saturated heterocycles. The van der Waals surface area contributed by atoms with Crippen LogP contribution in [0.15, 0.2) is 48.5 Å². The predicted molar refractivity (Wildman–Crippen MR) is 71.5 cm³/mol. The van der Waals surface area contributed by atoms with E-state index in [9.17, 15) is 13.6 Å². The van der Waals surface area contributed by atoms with Gasteiger partial charge in [0.05, 0.1) is 5.69 Å².